The Hall–Kier alpha value is -1.64. The summed E-state index contributed by atoms with van der Waals surface area (Å²) in [5.74, 6) is -3.27. The van der Waals surface area contributed by atoms with Gasteiger partial charge in [0, 0.05) is 32.1 Å². The van der Waals surface area contributed by atoms with Gasteiger partial charge in [-0.15, -0.1) is 5.10 Å². The van der Waals surface area contributed by atoms with Gasteiger partial charge in [-0.1, -0.05) is 0 Å². The van der Waals surface area contributed by atoms with E-state index in [-0.39, 0.29) is 25.3 Å². The smallest absolute Gasteiger partial charge is 0.251 e. The molecule has 22 heavy (non-hydrogen) atoms. The van der Waals surface area contributed by atoms with Gasteiger partial charge in [-0.3, -0.25) is 4.79 Å². The maximum atomic E-state index is 12.8. The second kappa shape index (κ2) is 5.86. The Morgan fingerprint density at radius 2 is 2.14 bits per heavy atom. The Morgan fingerprint density at radius 1 is 1.41 bits per heavy atom. The molecule has 9 heteroatoms. The monoisotopic (exact) mass is 315 g/mol. The zero-order chi connectivity index (χ0) is 15.6. The predicted octanol–water partition coefficient (Wildman–Crippen LogP) is 0.730. The van der Waals surface area contributed by atoms with Crippen LogP contribution < -0.4 is 5.32 Å². The topological polar surface area (TPSA) is 81.9 Å². The van der Waals surface area contributed by atoms with Gasteiger partial charge >= 0.3 is 0 Å². The van der Waals surface area contributed by atoms with Gasteiger partial charge in [-0.25, -0.2) is 13.5 Å². The number of alkyl halides is 2. The SMILES string of the molecule is O=C(CC1(n2cnnn2)CCOCC1)NCCC1CC1(F)F. The van der Waals surface area contributed by atoms with Crippen LogP contribution in [0.2, 0.25) is 0 Å². The van der Waals surface area contributed by atoms with Crippen molar-refractivity contribution in [2.24, 2.45) is 5.92 Å². The minimum atomic E-state index is -2.53. The predicted molar refractivity (Wildman–Crippen MR) is 71.1 cm³/mol. The van der Waals surface area contributed by atoms with Gasteiger partial charge in [-0.2, -0.15) is 0 Å². The van der Waals surface area contributed by atoms with E-state index in [1.165, 1.54) is 6.33 Å². The zero-order valence-electron chi connectivity index (χ0n) is 12.2. The molecule has 3 rings (SSSR count). The number of halogens is 2. The highest BCUT2D eigenvalue weighted by molar-refractivity contribution is 5.76. The number of nitrogens with zero attached hydrogens (tertiary/aromatic N) is 4. The molecule has 2 heterocycles. The fraction of sp³-hybridized carbons (Fsp3) is 0.846. The number of nitrogens with one attached hydrogen (secondary N) is 1. The van der Waals surface area contributed by atoms with Crippen LogP contribution >= 0.6 is 0 Å². The largest absolute Gasteiger partial charge is 0.381 e. The quantitative estimate of drug-likeness (QED) is 0.837. The average Bonchev–Trinajstić information content (AvgIpc) is 2.92. The van der Waals surface area contributed by atoms with Crippen LogP contribution in [0.5, 0.6) is 0 Å². The molecule has 2 fully saturated rings. The summed E-state index contributed by atoms with van der Waals surface area (Å²) in [6, 6.07) is 0. The molecule has 1 unspecified atom stereocenters. The molecule has 2 aliphatic rings. The van der Waals surface area contributed by atoms with Crippen molar-refractivity contribution in [3.8, 4) is 0 Å². The van der Waals surface area contributed by atoms with Crippen LogP contribution in [0.3, 0.4) is 0 Å². The molecule has 0 spiro atoms. The van der Waals surface area contributed by atoms with Crippen molar-refractivity contribution in [2.45, 2.75) is 43.6 Å². The molecule has 1 saturated carbocycles. The van der Waals surface area contributed by atoms with Crippen molar-refractivity contribution in [1.82, 2.24) is 25.5 Å². The Balaban J connectivity index is 1.53. The fourth-order valence-electron chi connectivity index (χ4n) is 2.95. The van der Waals surface area contributed by atoms with Gasteiger partial charge in [0.15, 0.2) is 0 Å². The van der Waals surface area contributed by atoms with Crippen LogP contribution in [0, 0.1) is 5.92 Å². The minimum absolute atomic E-state index is 0.0607. The summed E-state index contributed by atoms with van der Waals surface area (Å²) in [4.78, 5) is 12.2. The van der Waals surface area contributed by atoms with Gasteiger partial charge in [0.1, 0.15) is 6.33 Å². The molecule has 1 aromatic rings. The Kier molecular flexibility index (Phi) is 4.07. The van der Waals surface area contributed by atoms with E-state index < -0.39 is 17.4 Å². The number of hydrogen-bond acceptors (Lipinski definition) is 5. The first-order valence-electron chi connectivity index (χ1n) is 7.48. The third kappa shape index (κ3) is 3.23. The van der Waals surface area contributed by atoms with Crippen molar-refractivity contribution in [3.05, 3.63) is 6.33 Å². The van der Waals surface area contributed by atoms with E-state index in [4.69, 9.17) is 4.74 Å². The van der Waals surface area contributed by atoms with Crippen molar-refractivity contribution < 1.29 is 18.3 Å². The third-order valence-corrected chi connectivity index (χ3v) is 4.52. The lowest BCUT2D eigenvalue weighted by molar-refractivity contribution is -0.125. The van der Waals surface area contributed by atoms with E-state index in [2.05, 4.69) is 20.8 Å². The van der Waals surface area contributed by atoms with Crippen molar-refractivity contribution in [3.63, 3.8) is 0 Å². The minimum Gasteiger partial charge on any atom is -0.381 e. The number of tetrazole rings is 1. The molecule has 7 nitrogen and oxygen atoms in total. The number of ether oxygens (including phenoxy) is 1. The number of carbonyl (C=O) groups is 1. The summed E-state index contributed by atoms with van der Waals surface area (Å²) >= 11 is 0. The molecule has 1 aliphatic heterocycles. The molecule has 1 amide bonds. The molecule has 1 aromatic heterocycles. The van der Waals surface area contributed by atoms with Crippen LogP contribution in [0.15, 0.2) is 6.33 Å². The van der Waals surface area contributed by atoms with Crippen LogP contribution in [-0.2, 0) is 15.1 Å². The first-order chi connectivity index (χ1) is 10.5. The van der Waals surface area contributed by atoms with Crippen LogP contribution in [0.4, 0.5) is 8.78 Å². The zero-order valence-corrected chi connectivity index (χ0v) is 12.2. The van der Waals surface area contributed by atoms with Crippen LogP contribution in [-0.4, -0.2) is 51.8 Å². The maximum absolute atomic E-state index is 12.8. The highest BCUT2D eigenvalue weighted by Crippen LogP contribution is 2.50. The van der Waals surface area contributed by atoms with Crippen molar-refractivity contribution in [1.29, 1.82) is 0 Å². The summed E-state index contributed by atoms with van der Waals surface area (Å²) in [7, 11) is 0. The highest BCUT2D eigenvalue weighted by Gasteiger charge is 2.55. The Morgan fingerprint density at radius 3 is 2.73 bits per heavy atom. The summed E-state index contributed by atoms with van der Waals surface area (Å²) in [5.41, 5.74) is -0.491. The molecule has 1 N–H and O–H groups in total. The normalized spacial score (nSPS) is 25.6. The number of amides is 1. The Bertz CT molecular complexity index is 517. The molecule has 1 saturated heterocycles. The third-order valence-electron chi connectivity index (χ3n) is 4.52. The number of hydrogen-bond donors (Lipinski definition) is 1. The summed E-state index contributed by atoms with van der Waals surface area (Å²) in [6.07, 6.45) is 3.28. The molecule has 0 aromatic carbocycles. The summed E-state index contributed by atoms with van der Waals surface area (Å²) < 4.78 is 32.5. The Labute approximate surface area is 126 Å². The first kappa shape index (κ1) is 15.3. The van der Waals surface area contributed by atoms with Crippen molar-refractivity contribution in [2.75, 3.05) is 19.8 Å². The van der Waals surface area contributed by atoms with Gasteiger partial charge in [0.2, 0.25) is 5.91 Å². The molecule has 0 bridgehead atoms. The maximum Gasteiger partial charge on any atom is 0.251 e. The van der Waals surface area contributed by atoms with Crippen molar-refractivity contribution >= 4 is 5.91 Å². The molecule has 1 atom stereocenters. The lowest BCUT2D eigenvalue weighted by Crippen LogP contribution is -2.44. The molecular weight excluding hydrogens is 296 g/mol. The average molecular weight is 315 g/mol. The van der Waals surface area contributed by atoms with E-state index in [0.717, 1.165) is 0 Å². The molecule has 122 valence electrons. The lowest BCUT2D eigenvalue weighted by atomic mass is 9.86. The molecular formula is C13H19F2N5O2. The first-order valence-corrected chi connectivity index (χ1v) is 7.48. The fourth-order valence-corrected chi connectivity index (χ4v) is 2.95. The van der Waals surface area contributed by atoms with Gasteiger partial charge in [-0.05, 0) is 29.7 Å². The van der Waals surface area contributed by atoms with Crippen LogP contribution in [0.25, 0.3) is 0 Å². The summed E-state index contributed by atoms with van der Waals surface area (Å²) in [5, 5.41) is 13.9. The molecule has 1 aliphatic carbocycles. The standard InChI is InChI=1S/C13H19F2N5O2/c14-13(15)7-10(13)1-4-16-11(21)8-12(2-5-22-6-3-12)20-9-17-18-19-20/h9-10H,1-8H2,(H,16,21). The number of rotatable bonds is 6. The van der Waals surface area contributed by atoms with Crippen LogP contribution in [0.1, 0.15) is 32.1 Å². The lowest BCUT2D eigenvalue weighted by Gasteiger charge is -2.36. The molecule has 0 radical (unpaired) electrons. The van der Waals surface area contributed by atoms with Gasteiger partial charge < -0.3 is 10.1 Å². The van der Waals surface area contributed by atoms with Gasteiger partial charge in [0.25, 0.3) is 5.92 Å². The second-order valence-corrected chi connectivity index (χ2v) is 6.07. The van der Waals surface area contributed by atoms with E-state index in [9.17, 15) is 13.6 Å². The highest BCUT2D eigenvalue weighted by atomic mass is 19.3. The van der Waals surface area contributed by atoms with E-state index >= 15 is 0 Å². The second-order valence-electron chi connectivity index (χ2n) is 6.07. The number of aromatic nitrogens is 4. The van der Waals surface area contributed by atoms with E-state index in [1.54, 1.807) is 4.68 Å². The van der Waals surface area contributed by atoms with Gasteiger partial charge in [0.05, 0.1) is 12.0 Å². The summed E-state index contributed by atoms with van der Waals surface area (Å²) in [6.45, 7) is 1.37. The van der Waals surface area contributed by atoms with E-state index in [0.29, 0.717) is 32.5 Å². The van der Waals surface area contributed by atoms with E-state index in [1.807, 2.05) is 0 Å². The number of carbonyl (C=O) groups excluding carboxylic acids is 1.